The van der Waals surface area contributed by atoms with E-state index in [1.807, 2.05) is 42.5 Å². The molecular formula is C19H21ClN2O2. The fourth-order valence-electron chi connectivity index (χ4n) is 3.42. The number of piperidine rings is 1. The summed E-state index contributed by atoms with van der Waals surface area (Å²) in [6, 6.07) is 13.1. The molecule has 1 aliphatic rings. The minimum Gasteiger partial charge on any atom is -0.480 e. The molecule has 1 saturated heterocycles. The van der Waals surface area contributed by atoms with Crippen molar-refractivity contribution < 1.29 is 9.90 Å². The minimum atomic E-state index is -0.741. The third kappa shape index (κ3) is 3.94. The molecule has 2 unspecified atom stereocenters. The van der Waals surface area contributed by atoms with E-state index in [2.05, 4.69) is 9.88 Å². The number of aromatic nitrogens is 1. The number of aliphatic carboxylic acids is 1. The van der Waals surface area contributed by atoms with Gasteiger partial charge in [-0.1, -0.05) is 36.2 Å². The number of hydrogen-bond donors (Lipinski definition) is 1. The number of nitrogens with zero attached hydrogens (tertiary/aromatic N) is 2. The number of halogens is 1. The molecule has 1 fully saturated rings. The van der Waals surface area contributed by atoms with Crippen LogP contribution in [-0.2, 0) is 11.2 Å². The van der Waals surface area contributed by atoms with Gasteiger partial charge < -0.3 is 5.11 Å². The van der Waals surface area contributed by atoms with E-state index in [1.54, 1.807) is 6.20 Å². The van der Waals surface area contributed by atoms with Gasteiger partial charge in [-0.25, -0.2) is 0 Å². The Labute approximate surface area is 147 Å². The fourth-order valence-corrected chi connectivity index (χ4v) is 3.55. The van der Waals surface area contributed by atoms with Crippen molar-refractivity contribution in [1.82, 2.24) is 9.88 Å². The summed E-state index contributed by atoms with van der Waals surface area (Å²) in [5.74, 6) is -0.741. The zero-order valence-corrected chi connectivity index (χ0v) is 14.2. The highest BCUT2D eigenvalue weighted by Crippen LogP contribution is 2.32. The number of pyridine rings is 1. The van der Waals surface area contributed by atoms with Crippen LogP contribution in [0.3, 0.4) is 0 Å². The summed E-state index contributed by atoms with van der Waals surface area (Å²) in [5, 5.41) is 10.3. The van der Waals surface area contributed by atoms with E-state index in [9.17, 15) is 9.90 Å². The van der Waals surface area contributed by atoms with Crippen LogP contribution in [0.5, 0.6) is 0 Å². The van der Waals surface area contributed by atoms with Gasteiger partial charge in [0.1, 0.15) is 6.04 Å². The smallest absolute Gasteiger partial charge is 0.320 e. The Hall–Kier alpha value is -1.91. The van der Waals surface area contributed by atoms with Crippen molar-refractivity contribution in [2.24, 2.45) is 0 Å². The molecule has 1 aromatic heterocycles. The molecule has 0 bridgehead atoms. The van der Waals surface area contributed by atoms with Gasteiger partial charge in [-0.2, -0.15) is 0 Å². The third-order valence-electron chi connectivity index (χ3n) is 4.61. The number of carbonyl (C=O) groups is 1. The first kappa shape index (κ1) is 16.9. The van der Waals surface area contributed by atoms with Crippen molar-refractivity contribution in [3.8, 4) is 0 Å². The van der Waals surface area contributed by atoms with Crippen LogP contribution in [0, 0.1) is 0 Å². The van der Waals surface area contributed by atoms with Crippen LogP contribution in [-0.4, -0.2) is 33.5 Å². The molecule has 24 heavy (non-hydrogen) atoms. The third-order valence-corrected chi connectivity index (χ3v) is 4.86. The molecule has 0 amide bonds. The van der Waals surface area contributed by atoms with Crippen LogP contribution >= 0.6 is 11.6 Å². The van der Waals surface area contributed by atoms with Crippen molar-refractivity contribution in [3.63, 3.8) is 0 Å². The van der Waals surface area contributed by atoms with Crippen molar-refractivity contribution in [3.05, 3.63) is 64.9 Å². The molecule has 1 aromatic carbocycles. The molecular weight excluding hydrogens is 324 g/mol. The quantitative estimate of drug-likeness (QED) is 0.892. The van der Waals surface area contributed by atoms with E-state index in [0.717, 1.165) is 30.6 Å². The van der Waals surface area contributed by atoms with Gasteiger partial charge >= 0.3 is 5.97 Å². The number of hydrogen-bond acceptors (Lipinski definition) is 3. The Bertz CT molecular complexity index is 676. The molecule has 0 aliphatic carbocycles. The Morgan fingerprint density at radius 3 is 2.71 bits per heavy atom. The van der Waals surface area contributed by atoms with Gasteiger partial charge in [0.15, 0.2) is 0 Å². The highest BCUT2D eigenvalue weighted by atomic mass is 35.5. The second-order valence-electron chi connectivity index (χ2n) is 6.18. The van der Waals surface area contributed by atoms with E-state index >= 15 is 0 Å². The minimum absolute atomic E-state index is 0.0152. The lowest BCUT2D eigenvalue weighted by atomic mass is 9.93. The zero-order chi connectivity index (χ0) is 16.9. The van der Waals surface area contributed by atoms with Gasteiger partial charge in [-0.05, 0) is 49.2 Å². The van der Waals surface area contributed by atoms with E-state index in [-0.39, 0.29) is 6.04 Å². The van der Waals surface area contributed by atoms with Gasteiger partial charge in [0.2, 0.25) is 0 Å². The summed E-state index contributed by atoms with van der Waals surface area (Å²) in [4.78, 5) is 18.3. The van der Waals surface area contributed by atoms with E-state index < -0.39 is 12.0 Å². The molecule has 2 heterocycles. The highest BCUT2D eigenvalue weighted by Gasteiger charge is 2.34. The summed E-state index contributed by atoms with van der Waals surface area (Å²) in [6.07, 6.45) is 5.15. The molecule has 2 aromatic rings. The topological polar surface area (TPSA) is 53.4 Å². The largest absolute Gasteiger partial charge is 0.480 e. The van der Waals surface area contributed by atoms with Gasteiger partial charge in [-0.3, -0.25) is 14.7 Å². The van der Waals surface area contributed by atoms with E-state index in [0.29, 0.717) is 17.9 Å². The van der Waals surface area contributed by atoms with Crippen molar-refractivity contribution in [2.75, 3.05) is 6.54 Å². The average molecular weight is 345 g/mol. The Balaban J connectivity index is 1.94. The SMILES string of the molecule is O=C(O)C1CCCCN1C(Cc1ccccn1)c1ccc(Cl)cc1. The van der Waals surface area contributed by atoms with Gasteiger partial charge in [0, 0.05) is 29.4 Å². The van der Waals surface area contributed by atoms with E-state index in [4.69, 9.17) is 11.6 Å². The molecule has 1 aliphatic heterocycles. The Morgan fingerprint density at radius 1 is 1.25 bits per heavy atom. The number of rotatable bonds is 5. The first-order chi connectivity index (χ1) is 11.6. The normalized spacial score (nSPS) is 19.8. The first-order valence-corrected chi connectivity index (χ1v) is 8.67. The monoisotopic (exact) mass is 344 g/mol. The molecule has 126 valence electrons. The summed E-state index contributed by atoms with van der Waals surface area (Å²) < 4.78 is 0. The predicted molar refractivity (Wildman–Crippen MR) is 94.1 cm³/mol. The maximum Gasteiger partial charge on any atom is 0.320 e. The number of likely N-dealkylation sites (tertiary alicyclic amines) is 1. The average Bonchev–Trinajstić information content (AvgIpc) is 2.61. The molecule has 5 heteroatoms. The Morgan fingerprint density at radius 2 is 2.04 bits per heavy atom. The standard InChI is InChI=1S/C19H21ClN2O2/c20-15-9-7-14(8-10-15)18(13-16-5-1-3-11-21-16)22-12-4-2-6-17(22)19(23)24/h1,3,5,7-11,17-18H,2,4,6,12-13H2,(H,23,24). The lowest BCUT2D eigenvalue weighted by Crippen LogP contribution is -2.47. The maximum absolute atomic E-state index is 11.7. The van der Waals surface area contributed by atoms with Gasteiger partial charge in [0.25, 0.3) is 0 Å². The van der Waals surface area contributed by atoms with Gasteiger partial charge in [0.05, 0.1) is 0 Å². The molecule has 3 rings (SSSR count). The predicted octanol–water partition coefficient (Wildman–Crippen LogP) is 3.96. The number of carboxylic acids is 1. The zero-order valence-electron chi connectivity index (χ0n) is 13.4. The molecule has 2 atom stereocenters. The van der Waals surface area contributed by atoms with Crippen LogP contribution < -0.4 is 0 Å². The second kappa shape index (κ2) is 7.77. The second-order valence-corrected chi connectivity index (χ2v) is 6.62. The summed E-state index contributed by atoms with van der Waals surface area (Å²) in [6.45, 7) is 0.789. The molecule has 1 N–H and O–H groups in total. The Kier molecular flexibility index (Phi) is 5.48. The van der Waals surface area contributed by atoms with Crippen molar-refractivity contribution in [2.45, 2.75) is 37.8 Å². The van der Waals surface area contributed by atoms with Crippen LogP contribution in [0.2, 0.25) is 5.02 Å². The van der Waals surface area contributed by atoms with Crippen molar-refractivity contribution >= 4 is 17.6 Å². The highest BCUT2D eigenvalue weighted by molar-refractivity contribution is 6.30. The number of carboxylic acid groups (broad SMARTS) is 1. The lowest BCUT2D eigenvalue weighted by molar-refractivity contribution is -0.146. The summed E-state index contributed by atoms with van der Waals surface area (Å²) in [5.41, 5.74) is 2.05. The van der Waals surface area contributed by atoms with Crippen LogP contribution in [0.1, 0.15) is 36.6 Å². The van der Waals surface area contributed by atoms with Crippen LogP contribution in [0.25, 0.3) is 0 Å². The first-order valence-electron chi connectivity index (χ1n) is 8.29. The fraction of sp³-hybridized carbons (Fsp3) is 0.368. The maximum atomic E-state index is 11.7. The lowest BCUT2D eigenvalue weighted by Gasteiger charge is -2.39. The molecule has 4 nitrogen and oxygen atoms in total. The molecule has 0 saturated carbocycles. The molecule has 0 radical (unpaired) electrons. The van der Waals surface area contributed by atoms with Crippen molar-refractivity contribution in [1.29, 1.82) is 0 Å². The van der Waals surface area contributed by atoms with Crippen LogP contribution in [0.15, 0.2) is 48.7 Å². The summed E-state index contributed by atoms with van der Waals surface area (Å²) in [7, 11) is 0. The molecule has 0 spiro atoms. The number of benzene rings is 1. The van der Waals surface area contributed by atoms with Gasteiger partial charge in [-0.15, -0.1) is 0 Å². The van der Waals surface area contributed by atoms with Crippen LogP contribution in [0.4, 0.5) is 0 Å². The van der Waals surface area contributed by atoms with E-state index in [1.165, 1.54) is 0 Å². The summed E-state index contributed by atoms with van der Waals surface area (Å²) >= 11 is 6.02.